The number of benzene rings is 1. The maximum absolute atomic E-state index is 11.2. The molecule has 98 valence electrons. The van der Waals surface area contributed by atoms with Gasteiger partial charge < -0.3 is 10.4 Å². The number of aromatic carboxylic acids is 1. The van der Waals surface area contributed by atoms with E-state index in [9.17, 15) is 4.79 Å². The van der Waals surface area contributed by atoms with Crippen LogP contribution < -0.4 is 5.32 Å². The summed E-state index contributed by atoms with van der Waals surface area (Å²) in [5.41, 5.74) is 2.06. The van der Waals surface area contributed by atoms with Crippen molar-refractivity contribution in [1.82, 2.24) is 4.98 Å². The number of carboxylic acid groups (broad SMARTS) is 1. The van der Waals surface area contributed by atoms with Crippen molar-refractivity contribution in [2.75, 3.05) is 5.32 Å². The lowest BCUT2D eigenvalue weighted by atomic mass is 10.1. The summed E-state index contributed by atoms with van der Waals surface area (Å²) in [6.07, 6.45) is 0. The van der Waals surface area contributed by atoms with Gasteiger partial charge in [0.15, 0.2) is 0 Å². The number of hydrogen-bond donors (Lipinski definition) is 2. The molecule has 19 heavy (non-hydrogen) atoms. The highest BCUT2D eigenvalue weighted by molar-refractivity contribution is 5.93. The van der Waals surface area contributed by atoms with Gasteiger partial charge in [-0.05, 0) is 31.5 Å². The lowest BCUT2D eigenvalue weighted by Gasteiger charge is -2.16. The Morgan fingerprint density at radius 2 is 1.89 bits per heavy atom. The second-order valence-electron chi connectivity index (χ2n) is 4.43. The fourth-order valence-electron chi connectivity index (χ4n) is 1.87. The molecule has 2 aromatic rings. The third-order valence-electron chi connectivity index (χ3n) is 2.92. The first-order valence-corrected chi connectivity index (χ1v) is 6.10. The van der Waals surface area contributed by atoms with Gasteiger partial charge in [-0.25, -0.2) is 9.78 Å². The van der Waals surface area contributed by atoms with Crippen LogP contribution in [0.15, 0.2) is 42.5 Å². The molecule has 0 spiro atoms. The molecule has 0 saturated heterocycles. The molecule has 4 nitrogen and oxygen atoms in total. The minimum Gasteiger partial charge on any atom is -0.478 e. The fourth-order valence-corrected chi connectivity index (χ4v) is 1.87. The van der Waals surface area contributed by atoms with E-state index >= 15 is 0 Å². The van der Waals surface area contributed by atoms with Gasteiger partial charge in [0.05, 0.1) is 0 Å². The van der Waals surface area contributed by atoms with E-state index in [1.807, 2.05) is 44.2 Å². The Balaban J connectivity index is 2.28. The average molecular weight is 256 g/mol. The molecule has 0 radical (unpaired) electrons. The first kappa shape index (κ1) is 13.1. The highest BCUT2D eigenvalue weighted by Crippen LogP contribution is 2.21. The van der Waals surface area contributed by atoms with Gasteiger partial charge in [-0.3, -0.25) is 0 Å². The van der Waals surface area contributed by atoms with Crippen LogP contribution >= 0.6 is 0 Å². The smallest absolute Gasteiger partial charge is 0.339 e. The molecular weight excluding hydrogens is 240 g/mol. The van der Waals surface area contributed by atoms with Crippen molar-refractivity contribution in [2.24, 2.45) is 0 Å². The predicted octanol–water partition coefficient (Wildman–Crippen LogP) is 3.26. The largest absolute Gasteiger partial charge is 0.478 e. The molecule has 1 atom stereocenters. The molecule has 0 fully saturated rings. The Labute approximate surface area is 112 Å². The van der Waals surface area contributed by atoms with Crippen molar-refractivity contribution < 1.29 is 9.90 Å². The minimum absolute atomic E-state index is 0.00593. The van der Waals surface area contributed by atoms with Gasteiger partial charge in [-0.15, -0.1) is 0 Å². The van der Waals surface area contributed by atoms with Crippen LogP contribution in [0.5, 0.6) is 0 Å². The van der Waals surface area contributed by atoms with Crippen molar-refractivity contribution in [3.05, 3.63) is 59.3 Å². The van der Waals surface area contributed by atoms with Crippen LogP contribution in [0.4, 0.5) is 5.82 Å². The summed E-state index contributed by atoms with van der Waals surface area (Å²) in [5, 5.41) is 12.3. The maximum Gasteiger partial charge on any atom is 0.339 e. The van der Waals surface area contributed by atoms with E-state index in [0.717, 1.165) is 11.3 Å². The minimum atomic E-state index is -0.977. The van der Waals surface area contributed by atoms with E-state index in [1.54, 1.807) is 12.1 Å². The Kier molecular flexibility index (Phi) is 3.80. The summed E-state index contributed by atoms with van der Waals surface area (Å²) in [5.74, 6) is -0.570. The van der Waals surface area contributed by atoms with Crippen LogP contribution in [-0.2, 0) is 0 Å². The second kappa shape index (κ2) is 5.52. The van der Waals surface area contributed by atoms with Gasteiger partial charge in [0.25, 0.3) is 0 Å². The molecule has 2 rings (SSSR count). The number of anilines is 1. The first-order valence-electron chi connectivity index (χ1n) is 6.10. The van der Waals surface area contributed by atoms with Crippen LogP contribution in [0.2, 0.25) is 0 Å². The first-order chi connectivity index (χ1) is 9.08. The van der Waals surface area contributed by atoms with Crippen molar-refractivity contribution >= 4 is 11.8 Å². The Morgan fingerprint density at radius 1 is 1.21 bits per heavy atom. The zero-order chi connectivity index (χ0) is 13.8. The third kappa shape index (κ3) is 3.10. The molecule has 0 saturated carbocycles. The maximum atomic E-state index is 11.2. The summed E-state index contributed by atoms with van der Waals surface area (Å²) in [4.78, 5) is 15.4. The van der Waals surface area contributed by atoms with Gasteiger partial charge in [0.2, 0.25) is 0 Å². The van der Waals surface area contributed by atoms with E-state index in [-0.39, 0.29) is 11.6 Å². The predicted molar refractivity (Wildman–Crippen MR) is 74.4 cm³/mol. The third-order valence-corrected chi connectivity index (χ3v) is 2.92. The van der Waals surface area contributed by atoms with E-state index in [1.165, 1.54) is 0 Å². The second-order valence-corrected chi connectivity index (χ2v) is 4.43. The molecule has 2 N–H and O–H groups in total. The fraction of sp³-hybridized carbons (Fsp3) is 0.200. The SMILES string of the molecule is Cc1ccc(C(=O)O)c(NC(C)c2ccccc2)n1. The Morgan fingerprint density at radius 3 is 2.53 bits per heavy atom. The highest BCUT2D eigenvalue weighted by atomic mass is 16.4. The number of nitrogens with zero attached hydrogens (tertiary/aromatic N) is 1. The van der Waals surface area contributed by atoms with Crippen LogP contribution in [0.1, 0.15) is 34.6 Å². The Hall–Kier alpha value is -2.36. The monoisotopic (exact) mass is 256 g/mol. The number of nitrogens with one attached hydrogen (secondary N) is 1. The number of carbonyl (C=O) groups is 1. The van der Waals surface area contributed by atoms with E-state index in [2.05, 4.69) is 10.3 Å². The average Bonchev–Trinajstić information content (AvgIpc) is 2.39. The molecule has 0 aliphatic rings. The van der Waals surface area contributed by atoms with E-state index in [0.29, 0.717) is 5.82 Å². The molecule has 0 aliphatic carbocycles. The molecule has 1 aromatic carbocycles. The summed E-state index contributed by atoms with van der Waals surface area (Å²) < 4.78 is 0. The topological polar surface area (TPSA) is 62.2 Å². The summed E-state index contributed by atoms with van der Waals surface area (Å²) in [6, 6.07) is 13.1. The number of aromatic nitrogens is 1. The Bertz CT molecular complexity index is 582. The van der Waals surface area contributed by atoms with Crippen LogP contribution in [0.3, 0.4) is 0 Å². The molecule has 1 heterocycles. The van der Waals surface area contributed by atoms with E-state index < -0.39 is 5.97 Å². The molecule has 1 aromatic heterocycles. The molecule has 0 amide bonds. The van der Waals surface area contributed by atoms with Gasteiger partial charge in [0.1, 0.15) is 11.4 Å². The number of rotatable bonds is 4. The number of aryl methyl sites for hydroxylation is 1. The van der Waals surface area contributed by atoms with Gasteiger partial charge in [0, 0.05) is 11.7 Å². The summed E-state index contributed by atoms with van der Waals surface area (Å²) in [7, 11) is 0. The van der Waals surface area contributed by atoms with Gasteiger partial charge in [-0.2, -0.15) is 0 Å². The quantitative estimate of drug-likeness (QED) is 0.881. The number of carboxylic acids is 1. The zero-order valence-electron chi connectivity index (χ0n) is 10.9. The molecular formula is C15H16N2O2. The lowest BCUT2D eigenvalue weighted by Crippen LogP contribution is -2.12. The zero-order valence-corrected chi connectivity index (χ0v) is 10.9. The molecule has 0 bridgehead atoms. The standard InChI is InChI=1S/C15H16N2O2/c1-10-8-9-13(15(18)19)14(16-10)17-11(2)12-6-4-3-5-7-12/h3-9,11H,1-2H3,(H,16,17)(H,18,19). The lowest BCUT2D eigenvalue weighted by molar-refractivity contribution is 0.0697. The normalized spacial score (nSPS) is 11.9. The molecule has 0 aliphatic heterocycles. The summed E-state index contributed by atoms with van der Waals surface area (Å²) >= 11 is 0. The molecule has 4 heteroatoms. The van der Waals surface area contributed by atoms with Crippen LogP contribution in [-0.4, -0.2) is 16.1 Å². The van der Waals surface area contributed by atoms with Crippen molar-refractivity contribution in [3.8, 4) is 0 Å². The van der Waals surface area contributed by atoms with Crippen LogP contribution in [0, 0.1) is 6.92 Å². The van der Waals surface area contributed by atoms with E-state index in [4.69, 9.17) is 5.11 Å². The summed E-state index contributed by atoms with van der Waals surface area (Å²) in [6.45, 7) is 3.81. The van der Waals surface area contributed by atoms with Crippen molar-refractivity contribution in [2.45, 2.75) is 19.9 Å². The molecule has 1 unspecified atom stereocenters. The number of pyridine rings is 1. The van der Waals surface area contributed by atoms with Crippen LogP contribution in [0.25, 0.3) is 0 Å². The highest BCUT2D eigenvalue weighted by Gasteiger charge is 2.14. The van der Waals surface area contributed by atoms with Gasteiger partial charge >= 0.3 is 5.97 Å². The van der Waals surface area contributed by atoms with Gasteiger partial charge in [-0.1, -0.05) is 30.3 Å². The van der Waals surface area contributed by atoms with Crippen molar-refractivity contribution in [3.63, 3.8) is 0 Å². The number of hydrogen-bond acceptors (Lipinski definition) is 3. The van der Waals surface area contributed by atoms with Crippen molar-refractivity contribution in [1.29, 1.82) is 0 Å².